The Balaban J connectivity index is 2.41. The number of nitrogens with one attached hydrogen (secondary N) is 1. The highest BCUT2D eigenvalue weighted by atomic mass is 16.1. The van der Waals surface area contributed by atoms with E-state index in [1.54, 1.807) is 6.20 Å². The first-order chi connectivity index (χ1) is 8.13. The van der Waals surface area contributed by atoms with Gasteiger partial charge in [-0.05, 0) is 32.8 Å². The van der Waals surface area contributed by atoms with Gasteiger partial charge in [-0.2, -0.15) is 0 Å². The summed E-state index contributed by atoms with van der Waals surface area (Å²) in [6.07, 6.45) is 7.96. The molecule has 1 aromatic heterocycles. The monoisotopic (exact) mass is 231 g/mol. The Bertz CT molecular complexity index is 493. The topological polar surface area (TPSA) is 71.2 Å². The van der Waals surface area contributed by atoms with E-state index in [-0.39, 0.29) is 0 Å². The predicted molar refractivity (Wildman–Crippen MR) is 68.7 cm³/mol. The van der Waals surface area contributed by atoms with Crippen molar-refractivity contribution in [3.8, 4) is 0 Å². The molecule has 0 aliphatic heterocycles. The number of aliphatic imine (C=N–C) groups is 1. The number of hydrogen-bond donors (Lipinski definition) is 2. The number of nitrogens with zero attached hydrogens (tertiary/aromatic N) is 1. The van der Waals surface area contributed by atoms with Crippen LogP contribution in [0.2, 0.25) is 0 Å². The van der Waals surface area contributed by atoms with E-state index in [0.29, 0.717) is 17.2 Å². The van der Waals surface area contributed by atoms with Crippen molar-refractivity contribution in [3.63, 3.8) is 0 Å². The smallest absolute Gasteiger partial charge is 0.252 e. The Morgan fingerprint density at radius 1 is 1.59 bits per heavy atom. The number of allylic oxidation sites excluding steroid dienone is 2. The van der Waals surface area contributed by atoms with Crippen LogP contribution in [-0.4, -0.2) is 16.6 Å². The van der Waals surface area contributed by atoms with Crippen LogP contribution in [0.5, 0.6) is 0 Å². The van der Waals surface area contributed by atoms with Crippen LogP contribution in [0, 0.1) is 12.8 Å². The second-order valence-corrected chi connectivity index (χ2v) is 4.35. The third-order valence-electron chi connectivity index (χ3n) is 2.88. The summed E-state index contributed by atoms with van der Waals surface area (Å²) in [5, 5.41) is 0. The van der Waals surface area contributed by atoms with Gasteiger partial charge in [-0.15, -0.1) is 0 Å². The number of rotatable bonds is 4. The molecular formula is C13H17N3O. The molecule has 0 aromatic carbocycles. The molecule has 3 N–H and O–H groups in total. The molecule has 4 heteroatoms. The SMILES string of the molecule is CC=CC(=Nc1c(C(N)=O)c[nH]c1C)C1CC1. The van der Waals surface area contributed by atoms with Crippen molar-refractivity contribution in [2.75, 3.05) is 0 Å². The summed E-state index contributed by atoms with van der Waals surface area (Å²) in [4.78, 5) is 18.9. The standard InChI is InChI=1S/C13H17N3O/c1-3-4-11(9-5-6-9)16-12-8(2)15-7-10(12)13(14)17/h3-4,7,9,15H,5-6H2,1-2H3,(H2,14,17). The molecule has 1 aromatic rings. The lowest BCUT2D eigenvalue weighted by Gasteiger charge is -2.01. The lowest BCUT2D eigenvalue weighted by molar-refractivity contribution is 0.100. The van der Waals surface area contributed by atoms with Gasteiger partial charge in [0.2, 0.25) is 0 Å². The summed E-state index contributed by atoms with van der Waals surface area (Å²) < 4.78 is 0. The number of aromatic nitrogens is 1. The van der Waals surface area contributed by atoms with Crippen LogP contribution >= 0.6 is 0 Å². The van der Waals surface area contributed by atoms with E-state index < -0.39 is 5.91 Å². The van der Waals surface area contributed by atoms with Gasteiger partial charge in [0.1, 0.15) is 0 Å². The number of aromatic amines is 1. The fourth-order valence-corrected chi connectivity index (χ4v) is 1.79. The van der Waals surface area contributed by atoms with Crippen LogP contribution in [0.15, 0.2) is 23.3 Å². The van der Waals surface area contributed by atoms with Gasteiger partial charge < -0.3 is 10.7 Å². The fourth-order valence-electron chi connectivity index (χ4n) is 1.79. The molecule has 0 saturated heterocycles. The Kier molecular flexibility index (Phi) is 3.13. The zero-order chi connectivity index (χ0) is 12.4. The predicted octanol–water partition coefficient (Wildman–Crippen LogP) is 2.48. The number of aryl methyl sites for hydroxylation is 1. The van der Waals surface area contributed by atoms with E-state index in [1.165, 1.54) is 12.8 Å². The van der Waals surface area contributed by atoms with E-state index >= 15 is 0 Å². The molecule has 0 unspecified atom stereocenters. The van der Waals surface area contributed by atoms with Crippen molar-refractivity contribution in [2.24, 2.45) is 16.6 Å². The van der Waals surface area contributed by atoms with E-state index in [1.807, 2.05) is 26.0 Å². The lowest BCUT2D eigenvalue weighted by Crippen LogP contribution is -2.10. The highest BCUT2D eigenvalue weighted by Crippen LogP contribution is 2.34. The van der Waals surface area contributed by atoms with Crippen molar-refractivity contribution >= 4 is 17.3 Å². The number of H-pyrrole nitrogens is 1. The molecule has 1 saturated carbocycles. The van der Waals surface area contributed by atoms with Crippen molar-refractivity contribution < 1.29 is 4.79 Å². The number of amides is 1. The van der Waals surface area contributed by atoms with Crippen molar-refractivity contribution in [3.05, 3.63) is 29.6 Å². The Hall–Kier alpha value is -1.84. The third kappa shape index (κ3) is 2.46. The summed E-state index contributed by atoms with van der Waals surface area (Å²) in [5.74, 6) is 0.102. The molecule has 1 aliphatic carbocycles. The van der Waals surface area contributed by atoms with Crippen LogP contribution in [0.1, 0.15) is 35.8 Å². The second-order valence-electron chi connectivity index (χ2n) is 4.35. The number of carbonyl (C=O) groups is 1. The third-order valence-corrected chi connectivity index (χ3v) is 2.88. The van der Waals surface area contributed by atoms with E-state index in [0.717, 1.165) is 11.4 Å². The summed E-state index contributed by atoms with van der Waals surface area (Å²) in [5.41, 5.74) is 8.38. The quantitative estimate of drug-likeness (QED) is 0.768. The molecule has 1 heterocycles. The number of carbonyl (C=O) groups excluding carboxylic acids is 1. The molecule has 0 spiro atoms. The number of nitrogens with two attached hydrogens (primary N) is 1. The molecule has 4 nitrogen and oxygen atoms in total. The van der Waals surface area contributed by atoms with Crippen LogP contribution < -0.4 is 5.73 Å². The normalized spacial score (nSPS) is 16.7. The maximum atomic E-state index is 11.3. The van der Waals surface area contributed by atoms with Crippen molar-refractivity contribution in [1.82, 2.24) is 4.98 Å². The molecule has 0 bridgehead atoms. The Morgan fingerprint density at radius 3 is 2.82 bits per heavy atom. The Morgan fingerprint density at radius 2 is 2.29 bits per heavy atom. The maximum absolute atomic E-state index is 11.3. The summed E-state index contributed by atoms with van der Waals surface area (Å²) >= 11 is 0. The first-order valence-electron chi connectivity index (χ1n) is 5.82. The van der Waals surface area contributed by atoms with Gasteiger partial charge in [-0.25, -0.2) is 0 Å². The van der Waals surface area contributed by atoms with E-state index in [2.05, 4.69) is 9.98 Å². The minimum Gasteiger partial charge on any atom is -0.365 e. The van der Waals surface area contributed by atoms with Gasteiger partial charge in [-0.1, -0.05) is 6.08 Å². The first kappa shape index (κ1) is 11.6. The largest absolute Gasteiger partial charge is 0.365 e. The van der Waals surface area contributed by atoms with E-state index in [4.69, 9.17) is 5.73 Å². The molecule has 90 valence electrons. The molecule has 0 atom stereocenters. The van der Waals surface area contributed by atoms with Crippen LogP contribution in [0.25, 0.3) is 0 Å². The first-order valence-corrected chi connectivity index (χ1v) is 5.82. The van der Waals surface area contributed by atoms with E-state index in [9.17, 15) is 4.79 Å². The molecule has 1 aliphatic rings. The van der Waals surface area contributed by atoms with Gasteiger partial charge in [0.05, 0.1) is 11.3 Å². The summed E-state index contributed by atoms with van der Waals surface area (Å²) in [6, 6.07) is 0. The Labute approximate surface area is 101 Å². The lowest BCUT2D eigenvalue weighted by atomic mass is 10.2. The summed E-state index contributed by atoms with van der Waals surface area (Å²) in [6.45, 7) is 3.86. The van der Waals surface area contributed by atoms with Gasteiger partial charge in [0, 0.05) is 23.5 Å². The van der Waals surface area contributed by atoms with Crippen LogP contribution in [-0.2, 0) is 0 Å². The van der Waals surface area contributed by atoms with Crippen molar-refractivity contribution in [1.29, 1.82) is 0 Å². The summed E-state index contributed by atoms with van der Waals surface area (Å²) in [7, 11) is 0. The number of primary amides is 1. The van der Waals surface area contributed by atoms with Crippen LogP contribution in [0.4, 0.5) is 5.69 Å². The zero-order valence-corrected chi connectivity index (χ0v) is 10.2. The molecule has 1 fully saturated rings. The fraction of sp³-hybridized carbons (Fsp3) is 0.385. The maximum Gasteiger partial charge on any atom is 0.252 e. The van der Waals surface area contributed by atoms with Gasteiger partial charge in [0.15, 0.2) is 0 Å². The minimum atomic E-state index is -0.441. The average molecular weight is 231 g/mol. The second kappa shape index (κ2) is 4.57. The highest BCUT2D eigenvalue weighted by molar-refractivity contribution is 6.04. The molecule has 2 rings (SSSR count). The minimum absolute atomic E-state index is 0.441. The van der Waals surface area contributed by atoms with Gasteiger partial charge in [0.25, 0.3) is 5.91 Å². The molecular weight excluding hydrogens is 214 g/mol. The molecule has 1 amide bonds. The van der Waals surface area contributed by atoms with Crippen LogP contribution in [0.3, 0.4) is 0 Å². The molecule has 17 heavy (non-hydrogen) atoms. The zero-order valence-electron chi connectivity index (χ0n) is 10.2. The van der Waals surface area contributed by atoms with Gasteiger partial charge in [-0.3, -0.25) is 9.79 Å². The van der Waals surface area contributed by atoms with Gasteiger partial charge >= 0.3 is 0 Å². The van der Waals surface area contributed by atoms with Crippen molar-refractivity contribution in [2.45, 2.75) is 26.7 Å². The number of hydrogen-bond acceptors (Lipinski definition) is 2. The highest BCUT2D eigenvalue weighted by Gasteiger charge is 2.26. The molecule has 0 radical (unpaired) electrons. The average Bonchev–Trinajstić information content (AvgIpc) is 3.04.